The van der Waals surface area contributed by atoms with Crippen molar-refractivity contribution < 1.29 is 9.53 Å². The molecule has 0 bridgehead atoms. The molecule has 0 aromatic heterocycles. The molecular weight excluding hydrogens is 278 g/mol. The van der Waals surface area contributed by atoms with E-state index in [2.05, 4.69) is 17.1 Å². The first-order chi connectivity index (χ1) is 10.7. The molecule has 1 amide bonds. The summed E-state index contributed by atoms with van der Waals surface area (Å²) in [5.41, 5.74) is 1.20. The van der Waals surface area contributed by atoms with Crippen LogP contribution in [-0.4, -0.2) is 62.1 Å². The molecule has 122 valence electrons. The molecule has 2 rings (SSSR count). The summed E-state index contributed by atoms with van der Waals surface area (Å²) >= 11 is 0. The van der Waals surface area contributed by atoms with Gasteiger partial charge in [-0.25, -0.2) is 0 Å². The molecule has 5 heteroatoms. The highest BCUT2D eigenvalue weighted by molar-refractivity contribution is 5.76. The number of methoxy groups -OCH3 is 1. The van der Waals surface area contributed by atoms with Crippen LogP contribution in [0.4, 0.5) is 0 Å². The van der Waals surface area contributed by atoms with Gasteiger partial charge in [0.25, 0.3) is 0 Å². The van der Waals surface area contributed by atoms with Crippen LogP contribution in [0.1, 0.15) is 18.9 Å². The van der Waals surface area contributed by atoms with Crippen LogP contribution in [0, 0.1) is 0 Å². The van der Waals surface area contributed by atoms with E-state index in [1.165, 1.54) is 5.56 Å². The zero-order valence-corrected chi connectivity index (χ0v) is 13.7. The molecule has 0 atom stereocenters. The average Bonchev–Trinajstić information content (AvgIpc) is 2.59. The zero-order valence-electron chi connectivity index (χ0n) is 13.7. The SMILES string of the molecule is CCN1CCN(C(=O)CCNCc2ccc(OC)cc2)CC1. The van der Waals surface area contributed by atoms with Gasteiger partial charge in [0, 0.05) is 45.7 Å². The van der Waals surface area contributed by atoms with Crippen molar-refractivity contribution in [3.63, 3.8) is 0 Å². The lowest BCUT2D eigenvalue weighted by atomic mass is 10.2. The third kappa shape index (κ3) is 5.00. The Hall–Kier alpha value is -1.59. The van der Waals surface area contributed by atoms with E-state index in [0.29, 0.717) is 6.42 Å². The lowest BCUT2D eigenvalue weighted by Crippen LogP contribution is -2.48. The summed E-state index contributed by atoms with van der Waals surface area (Å²) in [5.74, 6) is 1.13. The fraction of sp³-hybridized carbons (Fsp3) is 0.588. The maximum Gasteiger partial charge on any atom is 0.223 e. The number of nitrogens with zero attached hydrogens (tertiary/aromatic N) is 2. The van der Waals surface area contributed by atoms with Gasteiger partial charge < -0.3 is 19.9 Å². The smallest absolute Gasteiger partial charge is 0.223 e. The first-order valence-electron chi connectivity index (χ1n) is 8.06. The molecule has 0 saturated carbocycles. The lowest BCUT2D eigenvalue weighted by Gasteiger charge is -2.34. The normalized spacial score (nSPS) is 15.8. The van der Waals surface area contributed by atoms with E-state index in [0.717, 1.165) is 51.6 Å². The number of hydrogen-bond acceptors (Lipinski definition) is 4. The van der Waals surface area contributed by atoms with Crippen molar-refractivity contribution in [3.8, 4) is 5.75 Å². The number of rotatable bonds is 7. The second-order valence-electron chi connectivity index (χ2n) is 5.59. The van der Waals surface area contributed by atoms with Gasteiger partial charge in [0.1, 0.15) is 5.75 Å². The van der Waals surface area contributed by atoms with Gasteiger partial charge in [0.05, 0.1) is 7.11 Å². The maximum atomic E-state index is 12.1. The van der Waals surface area contributed by atoms with E-state index >= 15 is 0 Å². The molecule has 1 fully saturated rings. The van der Waals surface area contributed by atoms with Crippen molar-refractivity contribution in [1.82, 2.24) is 15.1 Å². The van der Waals surface area contributed by atoms with Crippen LogP contribution in [-0.2, 0) is 11.3 Å². The fourth-order valence-electron chi connectivity index (χ4n) is 2.64. The van der Waals surface area contributed by atoms with Gasteiger partial charge in [-0.2, -0.15) is 0 Å². The Morgan fingerprint density at radius 1 is 1.18 bits per heavy atom. The topological polar surface area (TPSA) is 44.8 Å². The molecule has 1 heterocycles. The predicted octanol–water partition coefficient (Wildman–Crippen LogP) is 1.34. The minimum atomic E-state index is 0.262. The molecule has 0 radical (unpaired) electrons. The zero-order chi connectivity index (χ0) is 15.8. The van der Waals surface area contributed by atoms with Crippen LogP contribution < -0.4 is 10.1 Å². The number of piperazine rings is 1. The Labute approximate surface area is 133 Å². The maximum absolute atomic E-state index is 12.1. The molecule has 1 saturated heterocycles. The minimum absolute atomic E-state index is 0.262. The molecule has 22 heavy (non-hydrogen) atoms. The van der Waals surface area contributed by atoms with E-state index in [1.807, 2.05) is 29.2 Å². The van der Waals surface area contributed by atoms with Gasteiger partial charge in [0.15, 0.2) is 0 Å². The highest BCUT2D eigenvalue weighted by Gasteiger charge is 2.19. The summed E-state index contributed by atoms with van der Waals surface area (Å²) in [5, 5.41) is 3.33. The molecular formula is C17H27N3O2. The van der Waals surface area contributed by atoms with Crippen LogP contribution in [0.5, 0.6) is 5.75 Å². The second-order valence-corrected chi connectivity index (χ2v) is 5.59. The van der Waals surface area contributed by atoms with Crippen molar-refractivity contribution in [1.29, 1.82) is 0 Å². The average molecular weight is 305 g/mol. The fourth-order valence-corrected chi connectivity index (χ4v) is 2.64. The molecule has 1 aromatic rings. The predicted molar refractivity (Wildman–Crippen MR) is 88.0 cm³/mol. The molecule has 1 aromatic carbocycles. The van der Waals surface area contributed by atoms with Crippen molar-refractivity contribution >= 4 is 5.91 Å². The summed E-state index contributed by atoms with van der Waals surface area (Å²) < 4.78 is 5.14. The summed E-state index contributed by atoms with van der Waals surface area (Å²) in [6, 6.07) is 7.99. The van der Waals surface area contributed by atoms with Gasteiger partial charge in [-0.15, -0.1) is 0 Å². The Balaban J connectivity index is 1.62. The highest BCUT2D eigenvalue weighted by Crippen LogP contribution is 2.11. The number of hydrogen-bond donors (Lipinski definition) is 1. The van der Waals surface area contributed by atoms with Gasteiger partial charge in [-0.3, -0.25) is 4.79 Å². The van der Waals surface area contributed by atoms with E-state index in [1.54, 1.807) is 7.11 Å². The number of nitrogens with one attached hydrogen (secondary N) is 1. The van der Waals surface area contributed by atoms with Gasteiger partial charge >= 0.3 is 0 Å². The Morgan fingerprint density at radius 2 is 1.86 bits per heavy atom. The number of carbonyl (C=O) groups excluding carboxylic acids is 1. The number of ether oxygens (including phenoxy) is 1. The number of benzene rings is 1. The van der Waals surface area contributed by atoms with Crippen molar-refractivity contribution in [3.05, 3.63) is 29.8 Å². The van der Waals surface area contributed by atoms with Gasteiger partial charge in [-0.05, 0) is 24.2 Å². The van der Waals surface area contributed by atoms with Crippen LogP contribution in [0.25, 0.3) is 0 Å². The second kappa shape index (κ2) is 8.76. The summed E-state index contributed by atoms with van der Waals surface area (Å²) in [7, 11) is 1.67. The molecule has 1 aliphatic rings. The standard InChI is InChI=1S/C17H27N3O2/c1-3-19-10-12-20(13-11-19)17(21)8-9-18-14-15-4-6-16(22-2)7-5-15/h4-7,18H,3,8-14H2,1-2H3. The van der Waals surface area contributed by atoms with Crippen molar-refractivity contribution in [2.24, 2.45) is 0 Å². The summed E-state index contributed by atoms with van der Waals surface area (Å²) in [6.45, 7) is 8.48. The molecule has 0 spiro atoms. The van der Waals surface area contributed by atoms with Gasteiger partial charge in [-0.1, -0.05) is 19.1 Å². The number of carbonyl (C=O) groups is 1. The minimum Gasteiger partial charge on any atom is -0.497 e. The molecule has 0 unspecified atom stereocenters. The Kier molecular flexibility index (Phi) is 6.68. The van der Waals surface area contributed by atoms with E-state index < -0.39 is 0 Å². The molecule has 0 aliphatic carbocycles. The third-order valence-corrected chi connectivity index (χ3v) is 4.18. The van der Waals surface area contributed by atoms with E-state index in [4.69, 9.17) is 4.74 Å². The van der Waals surface area contributed by atoms with Crippen LogP contribution in [0.2, 0.25) is 0 Å². The first kappa shape index (κ1) is 16.8. The Bertz CT molecular complexity index is 453. The largest absolute Gasteiger partial charge is 0.497 e. The molecule has 1 aliphatic heterocycles. The highest BCUT2D eigenvalue weighted by atomic mass is 16.5. The first-order valence-corrected chi connectivity index (χ1v) is 8.06. The quantitative estimate of drug-likeness (QED) is 0.772. The number of likely N-dealkylation sites (N-methyl/N-ethyl adjacent to an activating group) is 1. The van der Waals surface area contributed by atoms with Crippen LogP contribution >= 0.6 is 0 Å². The third-order valence-electron chi connectivity index (χ3n) is 4.18. The monoisotopic (exact) mass is 305 g/mol. The molecule has 5 nitrogen and oxygen atoms in total. The molecule has 1 N–H and O–H groups in total. The van der Waals surface area contributed by atoms with Crippen molar-refractivity contribution in [2.75, 3.05) is 46.4 Å². The van der Waals surface area contributed by atoms with E-state index in [-0.39, 0.29) is 5.91 Å². The summed E-state index contributed by atoms with van der Waals surface area (Å²) in [4.78, 5) is 16.5. The lowest BCUT2D eigenvalue weighted by molar-refractivity contribution is -0.132. The van der Waals surface area contributed by atoms with Gasteiger partial charge in [0.2, 0.25) is 5.91 Å². The van der Waals surface area contributed by atoms with Crippen molar-refractivity contribution in [2.45, 2.75) is 19.9 Å². The van der Waals surface area contributed by atoms with Crippen LogP contribution in [0.15, 0.2) is 24.3 Å². The number of amides is 1. The summed E-state index contributed by atoms with van der Waals surface area (Å²) in [6.07, 6.45) is 0.572. The van der Waals surface area contributed by atoms with E-state index in [9.17, 15) is 4.79 Å². The van der Waals surface area contributed by atoms with Crippen LogP contribution in [0.3, 0.4) is 0 Å². The Morgan fingerprint density at radius 3 is 2.45 bits per heavy atom.